The summed E-state index contributed by atoms with van der Waals surface area (Å²) in [7, 11) is 4.52. The molecule has 0 unspecified atom stereocenters. The van der Waals surface area contributed by atoms with Crippen LogP contribution in [-0.4, -0.2) is 49.2 Å². The van der Waals surface area contributed by atoms with Crippen molar-refractivity contribution in [2.75, 3.05) is 27.9 Å². The highest BCUT2D eigenvalue weighted by Gasteiger charge is 2.22. The number of nitrogens with zero attached hydrogens (tertiary/aromatic N) is 2. The van der Waals surface area contributed by atoms with E-state index in [4.69, 9.17) is 28.6 Å². The molecule has 0 bridgehead atoms. The summed E-state index contributed by atoms with van der Waals surface area (Å²) >= 11 is 0. The number of hydrogen-bond donors (Lipinski definition) is 1. The lowest BCUT2D eigenvalue weighted by Gasteiger charge is -2.13. The first-order chi connectivity index (χ1) is 13.6. The molecule has 2 aromatic carbocycles. The summed E-state index contributed by atoms with van der Waals surface area (Å²) in [6.45, 7) is -0.485. The molecule has 0 saturated heterocycles. The monoisotopic (exact) mass is 386 g/mol. The van der Waals surface area contributed by atoms with Gasteiger partial charge in [-0.05, 0) is 24.3 Å². The number of carboxylic acid groups (broad SMARTS) is 1. The summed E-state index contributed by atoms with van der Waals surface area (Å²) in [5, 5.41) is 12.8. The number of para-hydroxylation sites is 1. The predicted molar refractivity (Wildman–Crippen MR) is 98.0 cm³/mol. The van der Waals surface area contributed by atoms with Gasteiger partial charge in [0.2, 0.25) is 11.6 Å². The van der Waals surface area contributed by atoms with Crippen LogP contribution < -0.4 is 18.9 Å². The van der Waals surface area contributed by atoms with Crippen LogP contribution in [0, 0.1) is 0 Å². The molecule has 0 amide bonds. The molecule has 1 heterocycles. The molecule has 9 nitrogen and oxygen atoms in total. The quantitative estimate of drug-likeness (QED) is 0.624. The lowest BCUT2D eigenvalue weighted by molar-refractivity contribution is -0.139. The standard InChI is InChI=1S/C19H18N2O7/c1-24-14-9-8-12(16(25-2)17(14)26-3)18-20-19(28-21-18)11-6-4-5-7-13(11)27-10-15(22)23/h4-9H,10H2,1-3H3,(H,22,23). The summed E-state index contributed by atoms with van der Waals surface area (Å²) in [5.74, 6) is 0.965. The molecule has 28 heavy (non-hydrogen) atoms. The first-order valence-corrected chi connectivity index (χ1v) is 8.16. The Morgan fingerprint density at radius 3 is 2.39 bits per heavy atom. The average Bonchev–Trinajstić information content (AvgIpc) is 3.20. The Hall–Kier alpha value is -3.75. The minimum absolute atomic E-state index is 0.174. The van der Waals surface area contributed by atoms with Crippen LogP contribution in [0.25, 0.3) is 22.8 Å². The van der Waals surface area contributed by atoms with Gasteiger partial charge in [0.1, 0.15) is 5.75 Å². The van der Waals surface area contributed by atoms with Crippen LogP contribution >= 0.6 is 0 Å². The summed E-state index contributed by atoms with van der Waals surface area (Å²) in [6, 6.07) is 10.2. The molecule has 0 aliphatic carbocycles. The van der Waals surface area contributed by atoms with E-state index >= 15 is 0 Å². The van der Waals surface area contributed by atoms with Crippen molar-refractivity contribution in [3.05, 3.63) is 36.4 Å². The Balaban J connectivity index is 2.01. The van der Waals surface area contributed by atoms with Gasteiger partial charge < -0.3 is 28.6 Å². The van der Waals surface area contributed by atoms with Gasteiger partial charge in [-0.3, -0.25) is 0 Å². The van der Waals surface area contributed by atoms with Gasteiger partial charge in [-0.15, -0.1) is 0 Å². The fraction of sp³-hybridized carbons (Fsp3) is 0.211. The number of methoxy groups -OCH3 is 3. The number of rotatable bonds is 8. The van der Waals surface area contributed by atoms with Crippen molar-refractivity contribution in [2.45, 2.75) is 0 Å². The number of aromatic nitrogens is 2. The van der Waals surface area contributed by atoms with E-state index in [1.807, 2.05) is 0 Å². The first kappa shape index (κ1) is 19.0. The molecule has 0 aliphatic rings. The zero-order chi connectivity index (χ0) is 20.1. The molecule has 0 atom stereocenters. The Morgan fingerprint density at radius 1 is 0.964 bits per heavy atom. The van der Waals surface area contributed by atoms with Gasteiger partial charge in [0.05, 0.1) is 32.5 Å². The summed E-state index contributed by atoms with van der Waals surface area (Å²) in [6.07, 6.45) is 0. The largest absolute Gasteiger partial charge is 0.493 e. The Morgan fingerprint density at radius 2 is 1.71 bits per heavy atom. The van der Waals surface area contributed by atoms with E-state index in [0.717, 1.165) is 0 Å². The van der Waals surface area contributed by atoms with E-state index in [1.165, 1.54) is 21.3 Å². The van der Waals surface area contributed by atoms with Gasteiger partial charge in [-0.25, -0.2) is 4.79 Å². The normalized spacial score (nSPS) is 10.4. The van der Waals surface area contributed by atoms with Crippen molar-refractivity contribution in [2.24, 2.45) is 0 Å². The van der Waals surface area contributed by atoms with E-state index in [2.05, 4.69) is 10.1 Å². The van der Waals surface area contributed by atoms with Gasteiger partial charge >= 0.3 is 5.97 Å². The first-order valence-electron chi connectivity index (χ1n) is 8.16. The van der Waals surface area contributed by atoms with Gasteiger partial charge in [-0.1, -0.05) is 17.3 Å². The topological polar surface area (TPSA) is 113 Å². The second-order valence-corrected chi connectivity index (χ2v) is 5.48. The minimum Gasteiger partial charge on any atom is -0.493 e. The molecular formula is C19H18N2O7. The van der Waals surface area contributed by atoms with Gasteiger partial charge in [0, 0.05) is 0 Å². The van der Waals surface area contributed by atoms with Crippen LogP contribution in [0.2, 0.25) is 0 Å². The smallest absolute Gasteiger partial charge is 0.341 e. The van der Waals surface area contributed by atoms with E-state index in [-0.39, 0.29) is 11.7 Å². The SMILES string of the molecule is COc1ccc(-c2noc(-c3ccccc3OCC(=O)O)n2)c(OC)c1OC. The summed E-state index contributed by atoms with van der Waals surface area (Å²) in [4.78, 5) is 15.2. The molecular weight excluding hydrogens is 368 g/mol. The number of aliphatic carboxylic acids is 1. The van der Waals surface area contributed by atoms with Crippen LogP contribution in [0.1, 0.15) is 0 Å². The molecule has 0 fully saturated rings. The van der Waals surface area contributed by atoms with E-state index < -0.39 is 12.6 Å². The maximum absolute atomic E-state index is 10.8. The zero-order valence-electron chi connectivity index (χ0n) is 15.5. The van der Waals surface area contributed by atoms with E-state index in [0.29, 0.717) is 34.1 Å². The van der Waals surface area contributed by atoms with Gasteiger partial charge in [0.15, 0.2) is 18.1 Å². The van der Waals surface area contributed by atoms with Crippen LogP contribution in [0.5, 0.6) is 23.0 Å². The molecule has 1 N–H and O–H groups in total. The molecule has 3 rings (SSSR count). The Kier molecular flexibility index (Phi) is 5.64. The van der Waals surface area contributed by atoms with Crippen LogP contribution in [-0.2, 0) is 4.79 Å². The lowest BCUT2D eigenvalue weighted by atomic mass is 10.1. The third kappa shape index (κ3) is 3.68. The Bertz CT molecular complexity index is 984. The van der Waals surface area contributed by atoms with Gasteiger partial charge in [0.25, 0.3) is 5.89 Å². The predicted octanol–water partition coefficient (Wildman–Crippen LogP) is 2.89. The number of carbonyl (C=O) groups is 1. The van der Waals surface area contributed by atoms with Crippen molar-refractivity contribution in [1.82, 2.24) is 10.1 Å². The van der Waals surface area contributed by atoms with Crippen molar-refractivity contribution in [1.29, 1.82) is 0 Å². The van der Waals surface area contributed by atoms with Crippen molar-refractivity contribution in [3.8, 4) is 45.8 Å². The van der Waals surface area contributed by atoms with Crippen molar-refractivity contribution >= 4 is 5.97 Å². The lowest BCUT2D eigenvalue weighted by Crippen LogP contribution is -2.09. The molecule has 9 heteroatoms. The minimum atomic E-state index is -1.09. The van der Waals surface area contributed by atoms with Crippen molar-refractivity contribution < 1.29 is 33.4 Å². The molecule has 146 valence electrons. The highest BCUT2D eigenvalue weighted by molar-refractivity contribution is 5.74. The molecule has 0 spiro atoms. The highest BCUT2D eigenvalue weighted by Crippen LogP contribution is 2.43. The fourth-order valence-corrected chi connectivity index (χ4v) is 2.63. The highest BCUT2D eigenvalue weighted by atomic mass is 16.5. The van der Waals surface area contributed by atoms with Gasteiger partial charge in [-0.2, -0.15) is 4.98 Å². The molecule has 1 aromatic heterocycles. The number of benzene rings is 2. The second-order valence-electron chi connectivity index (χ2n) is 5.48. The molecule has 0 saturated carbocycles. The number of hydrogen-bond acceptors (Lipinski definition) is 8. The third-order valence-electron chi connectivity index (χ3n) is 3.84. The summed E-state index contributed by atoms with van der Waals surface area (Å²) in [5.41, 5.74) is 1.01. The molecule has 3 aromatic rings. The fourth-order valence-electron chi connectivity index (χ4n) is 2.63. The van der Waals surface area contributed by atoms with E-state index in [9.17, 15) is 4.79 Å². The Labute approximate surface area is 160 Å². The third-order valence-corrected chi connectivity index (χ3v) is 3.84. The van der Waals surface area contributed by atoms with E-state index in [1.54, 1.807) is 36.4 Å². The average molecular weight is 386 g/mol. The van der Waals surface area contributed by atoms with Crippen molar-refractivity contribution in [3.63, 3.8) is 0 Å². The number of ether oxygens (including phenoxy) is 4. The molecule has 0 aliphatic heterocycles. The van der Waals surface area contributed by atoms with Crippen LogP contribution in [0.4, 0.5) is 0 Å². The van der Waals surface area contributed by atoms with Crippen LogP contribution in [0.3, 0.4) is 0 Å². The second kappa shape index (κ2) is 8.30. The maximum atomic E-state index is 10.8. The maximum Gasteiger partial charge on any atom is 0.341 e. The molecule has 0 radical (unpaired) electrons. The summed E-state index contributed by atoms with van der Waals surface area (Å²) < 4.78 is 26.8. The zero-order valence-corrected chi connectivity index (χ0v) is 15.5. The van der Waals surface area contributed by atoms with Crippen LogP contribution in [0.15, 0.2) is 40.9 Å². The number of carboxylic acids is 1.